The van der Waals surface area contributed by atoms with Crippen LogP contribution in [0.2, 0.25) is 0 Å². The van der Waals surface area contributed by atoms with Gasteiger partial charge in [0.25, 0.3) is 0 Å². The summed E-state index contributed by atoms with van der Waals surface area (Å²) in [4.78, 5) is 0. The summed E-state index contributed by atoms with van der Waals surface area (Å²) in [7, 11) is 0. The van der Waals surface area contributed by atoms with Gasteiger partial charge in [0, 0.05) is 5.92 Å². The zero-order chi connectivity index (χ0) is 7.40. The first-order valence-corrected chi connectivity index (χ1v) is 3.47. The van der Waals surface area contributed by atoms with Crippen LogP contribution in [0.1, 0.15) is 19.3 Å². The summed E-state index contributed by atoms with van der Waals surface area (Å²) >= 11 is 0. The standard InChI is InChI=1S/C7H12N2O/c8-7(9-10)6-4-2-1-3-5-6/h1-2,6,10H,3-5H2,(H2,8,9). The molecule has 3 heteroatoms. The fraction of sp³-hybridized carbons (Fsp3) is 0.571. The van der Waals surface area contributed by atoms with Gasteiger partial charge in [-0.25, -0.2) is 0 Å². The third-order valence-corrected chi connectivity index (χ3v) is 1.80. The second kappa shape index (κ2) is 3.25. The summed E-state index contributed by atoms with van der Waals surface area (Å²) in [6.45, 7) is 0. The van der Waals surface area contributed by atoms with E-state index in [-0.39, 0.29) is 5.92 Å². The molecule has 0 heterocycles. The van der Waals surface area contributed by atoms with E-state index >= 15 is 0 Å². The number of oxime groups is 1. The highest BCUT2D eigenvalue weighted by Crippen LogP contribution is 2.17. The lowest BCUT2D eigenvalue weighted by atomic mass is 9.94. The predicted molar refractivity (Wildman–Crippen MR) is 39.9 cm³/mol. The Bertz CT molecular complexity index is 163. The maximum absolute atomic E-state index is 8.33. The van der Waals surface area contributed by atoms with Crippen LogP contribution < -0.4 is 5.73 Å². The minimum Gasteiger partial charge on any atom is -0.409 e. The molecule has 10 heavy (non-hydrogen) atoms. The van der Waals surface area contributed by atoms with E-state index in [0.717, 1.165) is 19.3 Å². The molecular weight excluding hydrogens is 128 g/mol. The summed E-state index contributed by atoms with van der Waals surface area (Å²) in [6, 6.07) is 0. The molecule has 0 saturated heterocycles. The van der Waals surface area contributed by atoms with Crippen LogP contribution in [0.5, 0.6) is 0 Å². The van der Waals surface area contributed by atoms with Gasteiger partial charge in [-0.2, -0.15) is 0 Å². The average molecular weight is 140 g/mol. The topological polar surface area (TPSA) is 58.6 Å². The Balaban J connectivity index is 2.49. The smallest absolute Gasteiger partial charge is 0.142 e. The van der Waals surface area contributed by atoms with Crippen molar-refractivity contribution < 1.29 is 5.21 Å². The average Bonchev–Trinajstić information content (AvgIpc) is 2.05. The van der Waals surface area contributed by atoms with Crippen LogP contribution in [0, 0.1) is 5.92 Å². The molecule has 0 aromatic rings. The molecule has 0 amide bonds. The van der Waals surface area contributed by atoms with Crippen LogP contribution in [0.25, 0.3) is 0 Å². The van der Waals surface area contributed by atoms with Crippen molar-refractivity contribution in [2.24, 2.45) is 16.8 Å². The van der Waals surface area contributed by atoms with Gasteiger partial charge in [-0.3, -0.25) is 0 Å². The monoisotopic (exact) mass is 140 g/mol. The highest BCUT2D eigenvalue weighted by Gasteiger charge is 2.13. The zero-order valence-electron chi connectivity index (χ0n) is 5.83. The van der Waals surface area contributed by atoms with Gasteiger partial charge in [-0.1, -0.05) is 17.3 Å². The zero-order valence-corrected chi connectivity index (χ0v) is 5.83. The first kappa shape index (κ1) is 7.12. The lowest BCUT2D eigenvalue weighted by molar-refractivity contribution is 0.313. The van der Waals surface area contributed by atoms with Crippen molar-refractivity contribution >= 4 is 5.84 Å². The number of amidine groups is 1. The third kappa shape index (κ3) is 1.50. The van der Waals surface area contributed by atoms with Crippen molar-refractivity contribution in [3.8, 4) is 0 Å². The van der Waals surface area contributed by atoms with Crippen LogP contribution in [-0.2, 0) is 0 Å². The van der Waals surface area contributed by atoms with Gasteiger partial charge < -0.3 is 10.9 Å². The first-order chi connectivity index (χ1) is 4.84. The van der Waals surface area contributed by atoms with E-state index in [1.165, 1.54) is 0 Å². The summed E-state index contributed by atoms with van der Waals surface area (Å²) in [5.74, 6) is 0.624. The van der Waals surface area contributed by atoms with Gasteiger partial charge >= 0.3 is 0 Å². The van der Waals surface area contributed by atoms with Gasteiger partial charge in [0.05, 0.1) is 0 Å². The minimum absolute atomic E-state index is 0.259. The van der Waals surface area contributed by atoms with Gasteiger partial charge in [-0.15, -0.1) is 0 Å². The molecule has 0 aromatic heterocycles. The van der Waals surface area contributed by atoms with Crippen LogP contribution in [-0.4, -0.2) is 11.0 Å². The quantitative estimate of drug-likeness (QED) is 0.188. The number of nitrogens with two attached hydrogens (primary N) is 1. The van der Waals surface area contributed by atoms with E-state index in [9.17, 15) is 0 Å². The Labute approximate surface area is 60.2 Å². The third-order valence-electron chi connectivity index (χ3n) is 1.80. The molecule has 3 nitrogen and oxygen atoms in total. The molecule has 1 rings (SSSR count). The van der Waals surface area contributed by atoms with Crippen molar-refractivity contribution in [3.63, 3.8) is 0 Å². The van der Waals surface area contributed by atoms with Crippen LogP contribution in [0.3, 0.4) is 0 Å². The molecule has 0 aromatic carbocycles. The molecule has 1 atom stereocenters. The van der Waals surface area contributed by atoms with Crippen molar-refractivity contribution in [1.29, 1.82) is 0 Å². The maximum Gasteiger partial charge on any atom is 0.142 e. The fourth-order valence-corrected chi connectivity index (χ4v) is 1.14. The Kier molecular flexibility index (Phi) is 2.31. The molecule has 0 radical (unpaired) electrons. The Morgan fingerprint density at radius 1 is 1.60 bits per heavy atom. The first-order valence-electron chi connectivity index (χ1n) is 3.47. The number of hydrogen-bond donors (Lipinski definition) is 2. The van der Waals surface area contributed by atoms with E-state index in [1.807, 2.05) is 0 Å². The molecular formula is C7H12N2O. The van der Waals surface area contributed by atoms with Crippen molar-refractivity contribution in [2.45, 2.75) is 19.3 Å². The molecule has 0 spiro atoms. The van der Waals surface area contributed by atoms with E-state index < -0.39 is 0 Å². The number of hydrogen-bond acceptors (Lipinski definition) is 2. The molecule has 3 N–H and O–H groups in total. The highest BCUT2D eigenvalue weighted by atomic mass is 16.4. The maximum atomic E-state index is 8.33. The number of nitrogens with zero attached hydrogens (tertiary/aromatic N) is 1. The fourth-order valence-electron chi connectivity index (χ4n) is 1.14. The van der Waals surface area contributed by atoms with Crippen molar-refractivity contribution in [2.75, 3.05) is 0 Å². The number of rotatable bonds is 1. The lowest BCUT2D eigenvalue weighted by Gasteiger charge is -2.14. The summed E-state index contributed by atoms with van der Waals surface area (Å²) in [6.07, 6.45) is 7.16. The van der Waals surface area contributed by atoms with Gasteiger partial charge in [0.2, 0.25) is 0 Å². The Hall–Kier alpha value is -0.990. The summed E-state index contributed by atoms with van der Waals surface area (Å²) in [5, 5.41) is 11.3. The largest absolute Gasteiger partial charge is 0.409 e. The SMILES string of the molecule is N/C(=N/O)C1CC=CCC1. The normalized spacial score (nSPS) is 26.8. The number of allylic oxidation sites excluding steroid dienone is 2. The van der Waals surface area contributed by atoms with Gasteiger partial charge in [0.1, 0.15) is 5.84 Å². The Morgan fingerprint density at radius 3 is 2.90 bits per heavy atom. The van der Waals surface area contributed by atoms with Gasteiger partial charge in [0.15, 0.2) is 0 Å². The summed E-state index contributed by atoms with van der Waals surface area (Å²) < 4.78 is 0. The molecule has 0 aliphatic heterocycles. The molecule has 1 aliphatic rings. The highest BCUT2D eigenvalue weighted by molar-refractivity contribution is 5.82. The van der Waals surface area contributed by atoms with E-state index in [2.05, 4.69) is 17.3 Å². The van der Waals surface area contributed by atoms with E-state index in [4.69, 9.17) is 10.9 Å². The molecule has 0 bridgehead atoms. The van der Waals surface area contributed by atoms with Crippen molar-refractivity contribution in [1.82, 2.24) is 0 Å². The molecule has 56 valence electrons. The molecule has 0 saturated carbocycles. The van der Waals surface area contributed by atoms with Crippen LogP contribution >= 0.6 is 0 Å². The Morgan fingerprint density at radius 2 is 2.40 bits per heavy atom. The molecule has 1 aliphatic carbocycles. The van der Waals surface area contributed by atoms with E-state index in [0.29, 0.717) is 5.84 Å². The second-order valence-electron chi connectivity index (χ2n) is 2.51. The minimum atomic E-state index is 0.259. The lowest BCUT2D eigenvalue weighted by Crippen LogP contribution is -2.24. The van der Waals surface area contributed by atoms with Crippen LogP contribution in [0.15, 0.2) is 17.3 Å². The van der Waals surface area contributed by atoms with Gasteiger partial charge in [-0.05, 0) is 19.3 Å². The molecule has 0 fully saturated rings. The predicted octanol–water partition coefficient (Wildman–Crippen LogP) is 1.09. The van der Waals surface area contributed by atoms with E-state index in [1.54, 1.807) is 0 Å². The molecule has 1 unspecified atom stereocenters. The van der Waals surface area contributed by atoms with Crippen molar-refractivity contribution in [3.05, 3.63) is 12.2 Å². The second-order valence-corrected chi connectivity index (χ2v) is 2.51. The summed E-state index contributed by atoms with van der Waals surface area (Å²) in [5.41, 5.74) is 5.41. The van der Waals surface area contributed by atoms with Crippen LogP contribution in [0.4, 0.5) is 0 Å².